The predicted octanol–water partition coefficient (Wildman–Crippen LogP) is 2.30. The summed E-state index contributed by atoms with van der Waals surface area (Å²) >= 11 is 0. The van der Waals surface area contributed by atoms with E-state index in [1.807, 2.05) is 24.3 Å². The molecule has 2 heterocycles. The van der Waals surface area contributed by atoms with Crippen LogP contribution in [0.15, 0.2) is 65.3 Å². The number of hydrogen-bond acceptors (Lipinski definition) is 4. The topological polar surface area (TPSA) is 84.2 Å². The Morgan fingerprint density at radius 3 is 2.70 bits per heavy atom. The fraction of sp³-hybridized carbons (Fsp3) is 0. The number of amides is 2. The number of fused-ring (bicyclic) bond motifs is 1. The molecule has 0 fully saturated rings. The first kappa shape index (κ1) is 14.5. The Kier molecular flexibility index (Phi) is 4.15. The van der Waals surface area contributed by atoms with Gasteiger partial charge in [0.15, 0.2) is 0 Å². The Labute approximate surface area is 131 Å². The van der Waals surface area contributed by atoms with Crippen LogP contribution in [0.4, 0.5) is 0 Å². The summed E-state index contributed by atoms with van der Waals surface area (Å²) in [5.74, 6) is -0.422. The highest BCUT2D eigenvalue weighted by molar-refractivity contribution is 5.98. The molecule has 0 saturated heterocycles. The highest BCUT2D eigenvalue weighted by Gasteiger charge is 2.08. The molecule has 0 radical (unpaired) electrons. The number of aromatic nitrogens is 1. The summed E-state index contributed by atoms with van der Waals surface area (Å²) in [5.41, 5.74) is 5.53. The van der Waals surface area contributed by atoms with Crippen molar-refractivity contribution in [1.82, 2.24) is 15.8 Å². The minimum absolute atomic E-state index is 0.221. The van der Waals surface area contributed by atoms with E-state index >= 15 is 0 Å². The second-order valence-corrected chi connectivity index (χ2v) is 4.68. The van der Waals surface area contributed by atoms with Crippen LogP contribution in [0.5, 0.6) is 0 Å². The number of hydrazine groups is 1. The van der Waals surface area contributed by atoms with Crippen molar-refractivity contribution < 1.29 is 14.0 Å². The zero-order chi connectivity index (χ0) is 16.1. The van der Waals surface area contributed by atoms with Crippen LogP contribution in [-0.2, 0) is 4.79 Å². The number of nitrogens with one attached hydrogen (secondary N) is 2. The first-order chi connectivity index (χ1) is 11.2. The Morgan fingerprint density at radius 2 is 1.87 bits per heavy atom. The average molecular weight is 307 g/mol. The van der Waals surface area contributed by atoms with Gasteiger partial charge in [-0.2, -0.15) is 0 Å². The molecule has 0 bridgehead atoms. The summed E-state index contributed by atoms with van der Waals surface area (Å²) in [5, 5.41) is 0.939. The van der Waals surface area contributed by atoms with E-state index in [9.17, 15) is 9.59 Å². The minimum atomic E-state index is -0.490. The monoisotopic (exact) mass is 307 g/mol. The van der Waals surface area contributed by atoms with Crippen LogP contribution >= 0.6 is 0 Å². The third kappa shape index (κ3) is 3.62. The van der Waals surface area contributed by atoms with E-state index in [0.717, 1.165) is 5.39 Å². The number of rotatable bonds is 3. The molecule has 6 nitrogen and oxygen atoms in total. The van der Waals surface area contributed by atoms with E-state index in [4.69, 9.17) is 4.42 Å². The third-order valence-corrected chi connectivity index (χ3v) is 3.07. The molecule has 114 valence electrons. The Morgan fingerprint density at radius 1 is 1.00 bits per heavy atom. The van der Waals surface area contributed by atoms with Gasteiger partial charge in [-0.15, -0.1) is 0 Å². The quantitative estimate of drug-likeness (QED) is 0.574. The van der Waals surface area contributed by atoms with Gasteiger partial charge in [-0.3, -0.25) is 20.4 Å². The maximum absolute atomic E-state index is 12.0. The van der Waals surface area contributed by atoms with Crippen LogP contribution in [0.1, 0.15) is 16.2 Å². The molecule has 0 spiro atoms. The smallest absolute Gasteiger partial charge is 0.288 e. The van der Waals surface area contributed by atoms with E-state index in [0.29, 0.717) is 11.3 Å². The molecule has 2 aromatic heterocycles. The van der Waals surface area contributed by atoms with Crippen LogP contribution in [0.25, 0.3) is 17.0 Å². The van der Waals surface area contributed by atoms with Gasteiger partial charge < -0.3 is 4.42 Å². The lowest BCUT2D eigenvalue weighted by atomic mass is 10.2. The van der Waals surface area contributed by atoms with Crippen molar-refractivity contribution >= 4 is 28.8 Å². The number of carbonyl (C=O) groups is 2. The van der Waals surface area contributed by atoms with Crippen molar-refractivity contribution in [2.45, 2.75) is 0 Å². The Balaban J connectivity index is 1.60. The lowest BCUT2D eigenvalue weighted by molar-refractivity contribution is -0.117. The van der Waals surface area contributed by atoms with Crippen LogP contribution in [0.2, 0.25) is 0 Å². The molecule has 0 aliphatic heterocycles. The fourth-order valence-electron chi connectivity index (χ4n) is 1.96. The summed E-state index contributed by atoms with van der Waals surface area (Å²) in [7, 11) is 0. The summed E-state index contributed by atoms with van der Waals surface area (Å²) in [4.78, 5) is 27.8. The van der Waals surface area contributed by atoms with Gasteiger partial charge in [0.05, 0.1) is 11.8 Å². The first-order valence-corrected chi connectivity index (χ1v) is 6.90. The minimum Gasteiger partial charge on any atom is -0.465 e. The van der Waals surface area contributed by atoms with Crippen molar-refractivity contribution in [3.8, 4) is 0 Å². The number of carbonyl (C=O) groups excluding carboxylic acids is 2. The van der Waals surface area contributed by atoms with Crippen molar-refractivity contribution in [2.75, 3.05) is 0 Å². The molecule has 3 rings (SSSR count). The van der Waals surface area contributed by atoms with Crippen LogP contribution in [0.3, 0.4) is 0 Å². The highest BCUT2D eigenvalue weighted by Crippen LogP contribution is 2.11. The molecule has 23 heavy (non-hydrogen) atoms. The molecule has 6 heteroatoms. The van der Waals surface area contributed by atoms with E-state index in [2.05, 4.69) is 15.8 Å². The van der Waals surface area contributed by atoms with Crippen LogP contribution < -0.4 is 10.9 Å². The van der Waals surface area contributed by atoms with Gasteiger partial charge in [0.25, 0.3) is 11.8 Å². The number of hydrogen-bond donors (Lipinski definition) is 2. The number of pyridine rings is 1. The number of benzene rings is 1. The Bertz CT molecular complexity index is 870. The molecule has 0 atom stereocenters. The maximum atomic E-state index is 12.0. The largest absolute Gasteiger partial charge is 0.465 e. The third-order valence-electron chi connectivity index (χ3n) is 3.07. The van der Waals surface area contributed by atoms with E-state index in [-0.39, 0.29) is 5.69 Å². The van der Waals surface area contributed by atoms with Crippen molar-refractivity contribution in [3.05, 3.63) is 72.3 Å². The second kappa shape index (κ2) is 6.57. The second-order valence-electron chi connectivity index (χ2n) is 4.68. The zero-order valence-corrected chi connectivity index (χ0v) is 12.0. The highest BCUT2D eigenvalue weighted by atomic mass is 16.3. The van der Waals surface area contributed by atoms with Gasteiger partial charge in [0, 0.05) is 11.5 Å². The standard InChI is InChI=1S/C17H13N3O3/c21-16(10-8-13-5-3-11-23-13)19-20-17(22)15-9-7-12-4-1-2-6-14(12)18-15/h1-11H,(H,19,21)(H,20,22)/b10-8+. The molecule has 3 aromatic rings. The van der Waals surface area contributed by atoms with Gasteiger partial charge in [0.1, 0.15) is 11.5 Å². The Hall–Kier alpha value is -3.41. The molecule has 2 amide bonds. The van der Waals surface area contributed by atoms with Gasteiger partial charge in [0.2, 0.25) is 0 Å². The number of para-hydroxylation sites is 1. The van der Waals surface area contributed by atoms with Crippen molar-refractivity contribution in [2.24, 2.45) is 0 Å². The van der Waals surface area contributed by atoms with E-state index in [1.54, 1.807) is 24.3 Å². The van der Waals surface area contributed by atoms with Crippen molar-refractivity contribution in [3.63, 3.8) is 0 Å². The van der Waals surface area contributed by atoms with Gasteiger partial charge in [-0.05, 0) is 30.3 Å². The summed E-state index contributed by atoms with van der Waals surface area (Å²) in [6, 6.07) is 14.3. The SMILES string of the molecule is O=C(/C=C/c1ccco1)NNC(=O)c1ccc2ccccc2n1. The summed E-state index contributed by atoms with van der Waals surface area (Å²) in [6.07, 6.45) is 4.26. The van der Waals surface area contributed by atoms with Gasteiger partial charge >= 0.3 is 0 Å². The number of nitrogens with zero attached hydrogens (tertiary/aromatic N) is 1. The molecule has 0 aliphatic rings. The zero-order valence-electron chi connectivity index (χ0n) is 12.0. The lowest BCUT2D eigenvalue weighted by Crippen LogP contribution is -2.41. The molecule has 1 aromatic carbocycles. The molecule has 0 unspecified atom stereocenters. The molecule has 0 aliphatic carbocycles. The predicted molar refractivity (Wildman–Crippen MR) is 85.1 cm³/mol. The van der Waals surface area contributed by atoms with E-state index < -0.39 is 11.8 Å². The summed E-state index contributed by atoms with van der Waals surface area (Å²) in [6.45, 7) is 0. The first-order valence-electron chi connectivity index (χ1n) is 6.90. The maximum Gasteiger partial charge on any atom is 0.288 e. The van der Waals surface area contributed by atoms with Crippen LogP contribution in [0, 0.1) is 0 Å². The molecular formula is C17H13N3O3. The molecular weight excluding hydrogens is 294 g/mol. The van der Waals surface area contributed by atoms with Crippen LogP contribution in [-0.4, -0.2) is 16.8 Å². The lowest BCUT2D eigenvalue weighted by Gasteiger charge is -2.05. The van der Waals surface area contributed by atoms with Crippen molar-refractivity contribution in [1.29, 1.82) is 0 Å². The normalized spacial score (nSPS) is 10.8. The van der Waals surface area contributed by atoms with Gasteiger partial charge in [-0.25, -0.2) is 4.98 Å². The fourth-order valence-corrected chi connectivity index (χ4v) is 1.96. The molecule has 0 saturated carbocycles. The average Bonchev–Trinajstić information content (AvgIpc) is 3.11. The number of furan rings is 1. The van der Waals surface area contributed by atoms with E-state index in [1.165, 1.54) is 18.4 Å². The van der Waals surface area contributed by atoms with Gasteiger partial charge in [-0.1, -0.05) is 24.3 Å². The summed E-state index contributed by atoms with van der Waals surface area (Å²) < 4.78 is 5.06. The molecule has 2 N–H and O–H groups in total.